The Kier molecular flexibility index (Phi) is 6.36. The second-order valence-electron chi connectivity index (χ2n) is 6.75. The van der Waals surface area contributed by atoms with Crippen LogP contribution >= 0.6 is 34.5 Å². The second kappa shape index (κ2) is 9.20. The number of methoxy groups -OCH3 is 1. The van der Waals surface area contributed by atoms with Gasteiger partial charge >= 0.3 is 5.97 Å². The molecule has 0 saturated carbocycles. The lowest BCUT2D eigenvalue weighted by Crippen LogP contribution is -2.20. The van der Waals surface area contributed by atoms with Gasteiger partial charge in [0.1, 0.15) is 15.5 Å². The summed E-state index contributed by atoms with van der Waals surface area (Å²) in [5.74, 6) is -0.593. The summed E-state index contributed by atoms with van der Waals surface area (Å²) < 4.78 is 12.0. The highest BCUT2D eigenvalue weighted by Crippen LogP contribution is 2.33. The first-order valence-corrected chi connectivity index (χ1v) is 11.0. The summed E-state index contributed by atoms with van der Waals surface area (Å²) in [6.07, 6.45) is 0. The van der Waals surface area contributed by atoms with E-state index < -0.39 is 18.5 Å². The van der Waals surface area contributed by atoms with Gasteiger partial charge in [0, 0.05) is 11.1 Å². The van der Waals surface area contributed by atoms with Gasteiger partial charge in [0.25, 0.3) is 5.91 Å². The minimum Gasteiger partial charge on any atom is -0.495 e. The maximum Gasteiger partial charge on any atom is 0.348 e. The molecular formula is C22H17Cl2N3O4S. The number of rotatable bonds is 6. The van der Waals surface area contributed by atoms with Crippen molar-refractivity contribution in [2.75, 3.05) is 19.0 Å². The van der Waals surface area contributed by atoms with Crippen LogP contribution in [0.1, 0.15) is 15.4 Å². The van der Waals surface area contributed by atoms with Gasteiger partial charge in [0.05, 0.1) is 28.5 Å². The number of para-hydroxylation sites is 1. The van der Waals surface area contributed by atoms with Gasteiger partial charge in [0.15, 0.2) is 6.61 Å². The Bertz CT molecular complexity index is 1330. The number of amides is 1. The summed E-state index contributed by atoms with van der Waals surface area (Å²) in [5.41, 5.74) is 1.94. The molecule has 0 aliphatic rings. The van der Waals surface area contributed by atoms with E-state index in [1.54, 1.807) is 35.0 Å². The number of hydrogen-bond acceptors (Lipinski definition) is 6. The zero-order chi connectivity index (χ0) is 22.8. The van der Waals surface area contributed by atoms with Crippen LogP contribution in [0, 0.1) is 6.92 Å². The van der Waals surface area contributed by atoms with Gasteiger partial charge in [-0.25, -0.2) is 9.48 Å². The fraction of sp³-hybridized carbons (Fsp3) is 0.136. The van der Waals surface area contributed by atoms with E-state index in [9.17, 15) is 9.59 Å². The van der Waals surface area contributed by atoms with Crippen LogP contribution in [-0.2, 0) is 9.53 Å². The Morgan fingerprint density at radius 2 is 1.91 bits per heavy atom. The number of benzene rings is 2. The van der Waals surface area contributed by atoms with Crippen molar-refractivity contribution in [3.8, 4) is 11.4 Å². The molecule has 10 heteroatoms. The molecule has 0 radical (unpaired) electrons. The average molecular weight is 490 g/mol. The summed E-state index contributed by atoms with van der Waals surface area (Å²) >= 11 is 13.6. The Labute approximate surface area is 197 Å². The molecule has 1 N–H and O–H groups in total. The van der Waals surface area contributed by atoms with Gasteiger partial charge in [0.2, 0.25) is 0 Å². The Balaban J connectivity index is 1.46. The number of aryl methyl sites for hydroxylation is 1. The Hall–Kier alpha value is -3.07. The van der Waals surface area contributed by atoms with Gasteiger partial charge in [-0.15, -0.1) is 11.3 Å². The molecule has 0 saturated heterocycles. The number of halogens is 2. The Morgan fingerprint density at radius 3 is 2.62 bits per heavy atom. The third kappa shape index (κ3) is 4.43. The number of hydrogen-bond donors (Lipinski definition) is 1. The highest BCUT2D eigenvalue weighted by atomic mass is 35.5. The molecule has 32 heavy (non-hydrogen) atoms. The number of nitrogens with one attached hydrogen (secondary N) is 1. The topological polar surface area (TPSA) is 82.4 Å². The van der Waals surface area contributed by atoms with Crippen LogP contribution in [-0.4, -0.2) is 35.4 Å². The van der Waals surface area contributed by atoms with E-state index in [1.807, 2.05) is 25.1 Å². The average Bonchev–Trinajstić information content (AvgIpc) is 3.33. The smallest absolute Gasteiger partial charge is 0.348 e. The first-order valence-electron chi connectivity index (χ1n) is 9.42. The van der Waals surface area contributed by atoms with E-state index >= 15 is 0 Å². The van der Waals surface area contributed by atoms with Crippen LogP contribution in [0.2, 0.25) is 10.0 Å². The predicted molar refractivity (Wildman–Crippen MR) is 126 cm³/mol. The lowest BCUT2D eigenvalue weighted by atomic mass is 10.3. The highest BCUT2D eigenvalue weighted by molar-refractivity contribution is 7.20. The van der Waals surface area contributed by atoms with Gasteiger partial charge in [-0.1, -0.05) is 35.3 Å². The summed E-state index contributed by atoms with van der Waals surface area (Å²) in [6, 6.07) is 13.8. The largest absolute Gasteiger partial charge is 0.495 e. The molecule has 4 rings (SSSR count). The minimum absolute atomic E-state index is 0.357. The van der Waals surface area contributed by atoms with Gasteiger partial charge in [-0.3, -0.25) is 4.79 Å². The first-order chi connectivity index (χ1) is 15.4. The zero-order valence-electron chi connectivity index (χ0n) is 17.0. The molecule has 4 aromatic rings. The van der Waals surface area contributed by atoms with E-state index in [1.165, 1.54) is 18.4 Å². The third-order valence-corrected chi connectivity index (χ3v) is 6.30. The standard InChI is InChI=1S/C22H17Cl2N3O4S/c1-12-14-10-19(32-21(14)27(26-12)17-6-4-3-5-15(17)23)22(29)31-11-20(28)25-13-7-8-18(30-2)16(24)9-13/h3-10H,11H2,1-2H3,(H,25,28). The van der Waals surface area contributed by atoms with Crippen molar-refractivity contribution in [2.24, 2.45) is 0 Å². The lowest BCUT2D eigenvalue weighted by molar-refractivity contribution is -0.119. The van der Waals surface area contributed by atoms with Crippen molar-refractivity contribution < 1.29 is 19.1 Å². The number of carbonyl (C=O) groups excluding carboxylic acids is 2. The molecule has 164 valence electrons. The quantitative estimate of drug-likeness (QED) is 0.361. The SMILES string of the molecule is COc1ccc(NC(=O)COC(=O)c2cc3c(C)nn(-c4ccccc4Cl)c3s2)cc1Cl. The number of nitrogens with zero attached hydrogens (tertiary/aromatic N) is 2. The molecule has 1 amide bonds. The van der Waals surface area contributed by atoms with Crippen molar-refractivity contribution >= 4 is 62.3 Å². The molecule has 0 aliphatic carbocycles. The second-order valence-corrected chi connectivity index (χ2v) is 8.60. The summed E-state index contributed by atoms with van der Waals surface area (Å²) in [4.78, 5) is 25.9. The maximum atomic E-state index is 12.5. The van der Waals surface area contributed by atoms with Crippen LogP contribution in [0.3, 0.4) is 0 Å². The summed E-state index contributed by atoms with van der Waals surface area (Å²) in [6.45, 7) is 1.41. The first kappa shape index (κ1) is 22.1. The molecule has 0 fully saturated rings. The van der Waals surface area contributed by atoms with E-state index in [0.717, 1.165) is 15.9 Å². The number of anilines is 1. The van der Waals surface area contributed by atoms with E-state index in [2.05, 4.69) is 10.4 Å². The number of thiophene rings is 1. The van der Waals surface area contributed by atoms with Crippen LogP contribution in [0.4, 0.5) is 5.69 Å². The Morgan fingerprint density at radius 1 is 1.12 bits per heavy atom. The monoisotopic (exact) mass is 489 g/mol. The molecule has 7 nitrogen and oxygen atoms in total. The lowest BCUT2D eigenvalue weighted by Gasteiger charge is -2.08. The number of fused-ring (bicyclic) bond motifs is 1. The molecular weight excluding hydrogens is 473 g/mol. The van der Waals surface area contributed by atoms with Crippen LogP contribution in [0.5, 0.6) is 5.75 Å². The van der Waals surface area contributed by atoms with Crippen LogP contribution < -0.4 is 10.1 Å². The molecule has 2 aromatic heterocycles. The van der Waals surface area contributed by atoms with Crippen molar-refractivity contribution in [1.82, 2.24) is 9.78 Å². The predicted octanol–water partition coefficient (Wildman–Crippen LogP) is 5.51. The number of ether oxygens (including phenoxy) is 2. The third-order valence-electron chi connectivity index (χ3n) is 4.60. The van der Waals surface area contributed by atoms with E-state index in [0.29, 0.717) is 32.0 Å². The van der Waals surface area contributed by atoms with Crippen LogP contribution in [0.25, 0.3) is 15.9 Å². The summed E-state index contributed by atoms with van der Waals surface area (Å²) in [7, 11) is 1.50. The number of aromatic nitrogens is 2. The minimum atomic E-state index is -0.598. The molecule has 0 atom stereocenters. The van der Waals surface area contributed by atoms with E-state index in [-0.39, 0.29) is 0 Å². The molecule has 0 bridgehead atoms. The molecule has 2 aromatic carbocycles. The van der Waals surface area contributed by atoms with Gasteiger partial charge in [-0.05, 0) is 43.3 Å². The van der Waals surface area contributed by atoms with Crippen molar-refractivity contribution in [1.29, 1.82) is 0 Å². The summed E-state index contributed by atoms with van der Waals surface area (Å²) in [5, 5.41) is 8.88. The maximum absolute atomic E-state index is 12.5. The fourth-order valence-electron chi connectivity index (χ4n) is 3.08. The highest BCUT2D eigenvalue weighted by Gasteiger charge is 2.20. The number of esters is 1. The van der Waals surface area contributed by atoms with E-state index in [4.69, 9.17) is 32.7 Å². The van der Waals surface area contributed by atoms with Gasteiger partial charge in [-0.2, -0.15) is 5.10 Å². The molecule has 0 aliphatic heterocycles. The molecule has 2 heterocycles. The van der Waals surface area contributed by atoms with Crippen molar-refractivity contribution in [2.45, 2.75) is 6.92 Å². The number of carbonyl (C=O) groups is 2. The molecule has 0 unspecified atom stereocenters. The van der Waals surface area contributed by atoms with Crippen LogP contribution in [0.15, 0.2) is 48.5 Å². The van der Waals surface area contributed by atoms with Crippen molar-refractivity contribution in [3.05, 3.63) is 69.1 Å². The van der Waals surface area contributed by atoms with Crippen molar-refractivity contribution in [3.63, 3.8) is 0 Å². The van der Waals surface area contributed by atoms with Gasteiger partial charge < -0.3 is 14.8 Å². The normalized spacial score (nSPS) is 10.9. The molecule has 0 spiro atoms. The zero-order valence-corrected chi connectivity index (χ0v) is 19.3. The fourth-order valence-corrected chi connectivity index (χ4v) is 4.62.